The highest BCUT2D eigenvalue weighted by Gasteiger charge is 2.18. The van der Waals surface area contributed by atoms with Crippen LogP contribution in [-0.2, 0) is 6.61 Å². The van der Waals surface area contributed by atoms with Crippen LogP contribution < -0.4 is 10.1 Å². The third-order valence-corrected chi connectivity index (χ3v) is 5.91. The number of thiazole rings is 1. The molecule has 0 bridgehead atoms. The van der Waals surface area contributed by atoms with Crippen LogP contribution in [0.5, 0.6) is 5.75 Å². The average molecular weight is 441 g/mol. The SMILES string of the molecule is O=C(NC(c1ccc(Cl)cc1)c1ccsc1)c1cccc(OCc2cscn2)c1. The predicted molar refractivity (Wildman–Crippen MR) is 118 cm³/mol. The van der Waals surface area contributed by atoms with Gasteiger partial charge in [0.25, 0.3) is 5.91 Å². The Bertz CT molecular complexity index is 1060. The van der Waals surface area contributed by atoms with E-state index in [1.807, 2.05) is 58.6 Å². The van der Waals surface area contributed by atoms with E-state index >= 15 is 0 Å². The minimum atomic E-state index is -0.259. The summed E-state index contributed by atoms with van der Waals surface area (Å²) in [4.78, 5) is 17.2. The number of hydrogen-bond donors (Lipinski definition) is 1. The van der Waals surface area contributed by atoms with Gasteiger partial charge >= 0.3 is 0 Å². The second-order valence-electron chi connectivity index (χ2n) is 6.31. The van der Waals surface area contributed by atoms with Crippen molar-refractivity contribution < 1.29 is 9.53 Å². The molecule has 29 heavy (non-hydrogen) atoms. The van der Waals surface area contributed by atoms with Crippen molar-refractivity contribution in [1.82, 2.24) is 10.3 Å². The molecule has 0 aliphatic heterocycles. The first-order valence-electron chi connectivity index (χ1n) is 8.87. The van der Waals surface area contributed by atoms with Crippen LogP contribution in [0.1, 0.15) is 33.2 Å². The molecule has 1 N–H and O–H groups in total. The van der Waals surface area contributed by atoms with Crippen molar-refractivity contribution in [3.8, 4) is 5.75 Å². The standard InChI is InChI=1S/C22H17ClN2O2S2/c23-18-6-4-15(5-7-18)21(17-8-9-28-12-17)25-22(26)16-2-1-3-20(10-16)27-11-19-13-29-14-24-19/h1-10,12-14,21H,11H2,(H,25,26). The summed E-state index contributed by atoms with van der Waals surface area (Å²) < 4.78 is 5.77. The number of carbonyl (C=O) groups is 1. The van der Waals surface area contributed by atoms with Gasteiger partial charge in [-0.3, -0.25) is 4.79 Å². The van der Waals surface area contributed by atoms with Gasteiger partial charge in [-0.15, -0.1) is 11.3 Å². The number of hydrogen-bond acceptors (Lipinski definition) is 5. The maximum absolute atomic E-state index is 13.0. The van der Waals surface area contributed by atoms with E-state index in [9.17, 15) is 4.79 Å². The molecule has 2 aromatic heterocycles. The number of rotatable bonds is 7. The van der Waals surface area contributed by atoms with Crippen LogP contribution in [0.15, 0.2) is 76.2 Å². The smallest absolute Gasteiger partial charge is 0.252 e. The fourth-order valence-electron chi connectivity index (χ4n) is 2.86. The third kappa shape index (κ3) is 5.03. The monoisotopic (exact) mass is 440 g/mol. The molecule has 1 atom stereocenters. The Balaban J connectivity index is 1.51. The second kappa shape index (κ2) is 9.22. The number of aromatic nitrogens is 1. The average Bonchev–Trinajstić information content (AvgIpc) is 3.45. The van der Waals surface area contributed by atoms with E-state index in [0.717, 1.165) is 16.8 Å². The molecule has 4 nitrogen and oxygen atoms in total. The van der Waals surface area contributed by atoms with E-state index in [1.54, 1.807) is 29.0 Å². The Labute approximate surface area is 181 Å². The van der Waals surface area contributed by atoms with Gasteiger partial charge < -0.3 is 10.1 Å². The van der Waals surface area contributed by atoms with E-state index in [-0.39, 0.29) is 11.9 Å². The molecule has 146 valence electrons. The maximum atomic E-state index is 13.0. The van der Waals surface area contributed by atoms with Gasteiger partial charge in [-0.1, -0.05) is 29.8 Å². The molecule has 4 rings (SSSR count). The van der Waals surface area contributed by atoms with Crippen LogP contribution >= 0.6 is 34.3 Å². The lowest BCUT2D eigenvalue weighted by atomic mass is 10.0. The summed E-state index contributed by atoms with van der Waals surface area (Å²) >= 11 is 9.14. The van der Waals surface area contributed by atoms with Gasteiger partial charge in [0.05, 0.1) is 17.2 Å². The number of ether oxygens (including phenoxy) is 1. The fourth-order valence-corrected chi connectivity index (χ4v) is 4.22. The van der Waals surface area contributed by atoms with Gasteiger partial charge in [0.1, 0.15) is 12.4 Å². The Morgan fingerprint density at radius 1 is 1.07 bits per heavy atom. The van der Waals surface area contributed by atoms with Crippen molar-refractivity contribution in [1.29, 1.82) is 0 Å². The van der Waals surface area contributed by atoms with E-state index in [4.69, 9.17) is 16.3 Å². The first-order chi connectivity index (χ1) is 14.2. The summed E-state index contributed by atoms with van der Waals surface area (Å²) in [6.45, 7) is 0.372. The lowest BCUT2D eigenvalue weighted by Gasteiger charge is -2.19. The topological polar surface area (TPSA) is 51.2 Å². The molecular formula is C22H17ClN2O2S2. The van der Waals surface area contributed by atoms with Gasteiger partial charge in [0, 0.05) is 16.0 Å². The van der Waals surface area contributed by atoms with Gasteiger partial charge in [0.15, 0.2) is 0 Å². The van der Waals surface area contributed by atoms with Crippen LogP contribution in [0, 0.1) is 0 Å². The summed E-state index contributed by atoms with van der Waals surface area (Å²) in [6.07, 6.45) is 0. The molecule has 0 saturated carbocycles. The first-order valence-corrected chi connectivity index (χ1v) is 11.1. The Hall–Kier alpha value is -2.67. The van der Waals surface area contributed by atoms with Crippen molar-refractivity contribution in [3.05, 3.63) is 104 Å². The van der Waals surface area contributed by atoms with Crippen molar-refractivity contribution in [2.75, 3.05) is 0 Å². The zero-order chi connectivity index (χ0) is 20.1. The molecule has 0 radical (unpaired) electrons. The maximum Gasteiger partial charge on any atom is 0.252 e. The quantitative estimate of drug-likeness (QED) is 0.386. The fraction of sp³-hybridized carbons (Fsp3) is 0.0909. The molecule has 2 heterocycles. The summed E-state index contributed by atoms with van der Waals surface area (Å²) in [5, 5.41) is 9.76. The van der Waals surface area contributed by atoms with Crippen LogP contribution in [-0.4, -0.2) is 10.9 Å². The van der Waals surface area contributed by atoms with Crippen molar-refractivity contribution in [3.63, 3.8) is 0 Å². The third-order valence-electron chi connectivity index (χ3n) is 4.32. The van der Waals surface area contributed by atoms with Crippen LogP contribution in [0.4, 0.5) is 0 Å². The minimum absolute atomic E-state index is 0.171. The molecule has 4 aromatic rings. The van der Waals surface area contributed by atoms with E-state index in [0.29, 0.717) is 22.9 Å². The number of carbonyl (C=O) groups excluding carboxylic acids is 1. The molecule has 0 fully saturated rings. The van der Waals surface area contributed by atoms with Crippen molar-refractivity contribution in [2.45, 2.75) is 12.6 Å². The highest BCUT2D eigenvalue weighted by atomic mass is 35.5. The van der Waals surface area contributed by atoms with Crippen LogP contribution in [0.3, 0.4) is 0 Å². The molecule has 0 aliphatic rings. The number of benzene rings is 2. The largest absolute Gasteiger partial charge is 0.487 e. The summed E-state index contributed by atoms with van der Waals surface area (Å²) in [6, 6.07) is 16.4. The highest BCUT2D eigenvalue weighted by Crippen LogP contribution is 2.26. The molecule has 7 heteroatoms. The zero-order valence-electron chi connectivity index (χ0n) is 15.2. The molecule has 1 unspecified atom stereocenters. The molecule has 0 spiro atoms. The van der Waals surface area contributed by atoms with E-state index in [1.165, 1.54) is 11.3 Å². The van der Waals surface area contributed by atoms with Gasteiger partial charge in [-0.05, 0) is 58.3 Å². The molecule has 0 saturated heterocycles. The Morgan fingerprint density at radius 2 is 1.93 bits per heavy atom. The van der Waals surface area contributed by atoms with Gasteiger partial charge in [-0.25, -0.2) is 4.98 Å². The minimum Gasteiger partial charge on any atom is -0.487 e. The number of halogens is 1. The van der Waals surface area contributed by atoms with Crippen LogP contribution in [0.25, 0.3) is 0 Å². The predicted octanol–water partition coefficient (Wildman–Crippen LogP) is 5.96. The first kappa shape index (κ1) is 19.6. The zero-order valence-corrected chi connectivity index (χ0v) is 17.6. The lowest BCUT2D eigenvalue weighted by Crippen LogP contribution is -2.29. The summed E-state index contributed by atoms with van der Waals surface area (Å²) in [5.74, 6) is 0.458. The molecule has 1 amide bonds. The lowest BCUT2D eigenvalue weighted by molar-refractivity contribution is 0.0942. The van der Waals surface area contributed by atoms with Crippen molar-refractivity contribution >= 4 is 40.2 Å². The number of amides is 1. The van der Waals surface area contributed by atoms with E-state index in [2.05, 4.69) is 10.3 Å². The van der Waals surface area contributed by atoms with Gasteiger partial charge in [-0.2, -0.15) is 11.3 Å². The molecular weight excluding hydrogens is 424 g/mol. The summed E-state index contributed by atoms with van der Waals surface area (Å²) in [7, 11) is 0. The molecule has 0 aliphatic carbocycles. The van der Waals surface area contributed by atoms with Gasteiger partial charge in [0.2, 0.25) is 0 Å². The second-order valence-corrected chi connectivity index (χ2v) is 8.25. The Morgan fingerprint density at radius 3 is 2.66 bits per heavy atom. The van der Waals surface area contributed by atoms with E-state index < -0.39 is 0 Å². The van der Waals surface area contributed by atoms with Crippen LogP contribution in [0.2, 0.25) is 5.02 Å². The highest BCUT2D eigenvalue weighted by molar-refractivity contribution is 7.08. The molecule has 2 aromatic carbocycles. The number of thiophene rings is 1. The normalized spacial score (nSPS) is 11.8. The Kier molecular flexibility index (Phi) is 6.24. The summed E-state index contributed by atoms with van der Waals surface area (Å²) in [5.41, 5.74) is 5.17. The number of nitrogens with one attached hydrogen (secondary N) is 1. The van der Waals surface area contributed by atoms with Crippen molar-refractivity contribution in [2.24, 2.45) is 0 Å². The number of nitrogens with zero attached hydrogens (tertiary/aromatic N) is 1.